The molecule has 0 aliphatic heterocycles. The van der Waals surface area contributed by atoms with E-state index in [4.69, 9.17) is 9.47 Å². The average molecular weight is 357 g/mol. The van der Waals surface area contributed by atoms with Gasteiger partial charge in [0.05, 0.1) is 23.3 Å². The highest BCUT2D eigenvalue weighted by molar-refractivity contribution is 5.91. The Kier molecular flexibility index (Phi) is 6.26. The molecule has 8 heteroatoms. The molecule has 0 aliphatic carbocycles. The lowest BCUT2D eigenvalue weighted by atomic mass is 10.2. The van der Waals surface area contributed by atoms with Gasteiger partial charge in [0.25, 0.3) is 5.69 Å². The fourth-order valence-electron chi connectivity index (χ4n) is 2.02. The molecule has 0 aliphatic rings. The molecule has 2 aromatic carbocycles. The number of carbonyl (C=O) groups is 1. The molecule has 0 saturated carbocycles. The van der Waals surface area contributed by atoms with Crippen LogP contribution in [0.5, 0.6) is 11.5 Å². The van der Waals surface area contributed by atoms with E-state index in [0.717, 1.165) is 5.56 Å². The monoisotopic (exact) mass is 357 g/mol. The quantitative estimate of drug-likeness (QED) is 0.248. The highest BCUT2D eigenvalue weighted by Crippen LogP contribution is 2.29. The predicted molar refractivity (Wildman–Crippen MR) is 96.9 cm³/mol. The first-order valence-corrected chi connectivity index (χ1v) is 7.85. The molecule has 0 unspecified atom stereocenters. The zero-order valence-corrected chi connectivity index (χ0v) is 14.7. The number of ether oxygens (including phenoxy) is 2. The van der Waals surface area contributed by atoms with Gasteiger partial charge in [-0.1, -0.05) is 0 Å². The molecule has 136 valence electrons. The van der Waals surface area contributed by atoms with Gasteiger partial charge in [-0.2, -0.15) is 5.10 Å². The van der Waals surface area contributed by atoms with Crippen molar-refractivity contribution in [1.82, 2.24) is 5.01 Å². The summed E-state index contributed by atoms with van der Waals surface area (Å²) in [6.07, 6.45) is 1.66. The largest absolute Gasteiger partial charge is 0.490 e. The third-order valence-corrected chi connectivity index (χ3v) is 3.22. The first kappa shape index (κ1) is 18.9. The van der Waals surface area contributed by atoms with Crippen molar-refractivity contribution < 1.29 is 19.2 Å². The molecule has 0 N–H and O–H groups in total. The third kappa shape index (κ3) is 5.04. The number of esters is 1. The van der Waals surface area contributed by atoms with Crippen molar-refractivity contribution in [1.29, 1.82) is 0 Å². The number of benzene rings is 2. The Morgan fingerprint density at radius 2 is 1.88 bits per heavy atom. The second-order valence-corrected chi connectivity index (χ2v) is 5.42. The van der Waals surface area contributed by atoms with Crippen LogP contribution >= 0.6 is 0 Å². The van der Waals surface area contributed by atoms with E-state index in [9.17, 15) is 14.9 Å². The van der Waals surface area contributed by atoms with Crippen molar-refractivity contribution in [2.24, 2.45) is 5.10 Å². The number of nitro benzene ring substituents is 1. The molecule has 2 rings (SSSR count). The van der Waals surface area contributed by atoms with Gasteiger partial charge in [-0.05, 0) is 42.8 Å². The summed E-state index contributed by atoms with van der Waals surface area (Å²) < 4.78 is 10.9. The number of nitro groups is 1. The Morgan fingerprint density at radius 3 is 2.46 bits per heavy atom. The highest BCUT2D eigenvalue weighted by atomic mass is 16.6. The van der Waals surface area contributed by atoms with Crippen LogP contribution in [0.25, 0.3) is 0 Å². The van der Waals surface area contributed by atoms with Gasteiger partial charge in [-0.15, -0.1) is 0 Å². The van der Waals surface area contributed by atoms with Crippen molar-refractivity contribution in [3.8, 4) is 11.5 Å². The van der Waals surface area contributed by atoms with Crippen molar-refractivity contribution in [3.05, 3.63) is 63.7 Å². The van der Waals surface area contributed by atoms with Gasteiger partial charge in [0.1, 0.15) is 0 Å². The SMILES string of the molecule is CCOc1cc(C=NN(C)C)ccc1OC(=O)c1ccc([N+](=O)[O-])cc1. The van der Waals surface area contributed by atoms with Crippen molar-refractivity contribution in [3.63, 3.8) is 0 Å². The molecule has 0 atom stereocenters. The molecule has 0 radical (unpaired) electrons. The minimum Gasteiger partial charge on any atom is -0.490 e. The van der Waals surface area contributed by atoms with E-state index in [1.54, 1.807) is 43.5 Å². The van der Waals surface area contributed by atoms with Gasteiger partial charge in [-0.25, -0.2) is 4.79 Å². The molecule has 0 aromatic heterocycles. The van der Waals surface area contributed by atoms with Crippen LogP contribution in [0.2, 0.25) is 0 Å². The summed E-state index contributed by atoms with van der Waals surface area (Å²) in [5, 5.41) is 16.5. The molecule has 2 aromatic rings. The third-order valence-electron chi connectivity index (χ3n) is 3.22. The molecular formula is C18H19N3O5. The summed E-state index contributed by atoms with van der Waals surface area (Å²) in [5.74, 6) is 0.0400. The van der Waals surface area contributed by atoms with E-state index in [2.05, 4.69) is 5.10 Å². The summed E-state index contributed by atoms with van der Waals surface area (Å²) >= 11 is 0. The zero-order valence-electron chi connectivity index (χ0n) is 14.7. The molecule has 0 amide bonds. The minimum absolute atomic E-state index is 0.0962. The average Bonchev–Trinajstić information content (AvgIpc) is 2.62. The summed E-state index contributed by atoms with van der Waals surface area (Å²) in [6, 6.07) is 10.3. The fraction of sp³-hybridized carbons (Fsp3) is 0.222. The summed E-state index contributed by atoms with van der Waals surface area (Å²) in [4.78, 5) is 22.4. The first-order chi connectivity index (χ1) is 12.4. The Hall–Kier alpha value is -3.42. The topological polar surface area (TPSA) is 94.3 Å². The molecule has 0 saturated heterocycles. The van der Waals surface area contributed by atoms with Gasteiger partial charge >= 0.3 is 5.97 Å². The lowest BCUT2D eigenvalue weighted by Gasteiger charge is -2.11. The van der Waals surface area contributed by atoms with Crippen LogP contribution < -0.4 is 9.47 Å². The van der Waals surface area contributed by atoms with E-state index in [1.165, 1.54) is 24.3 Å². The van der Waals surface area contributed by atoms with E-state index < -0.39 is 10.9 Å². The van der Waals surface area contributed by atoms with Gasteiger partial charge < -0.3 is 14.5 Å². The number of carbonyl (C=O) groups excluding carboxylic acids is 1. The maximum absolute atomic E-state index is 12.3. The van der Waals surface area contributed by atoms with E-state index >= 15 is 0 Å². The molecule has 0 heterocycles. The summed E-state index contributed by atoms with van der Waals surface area (Å²) in [7, 11) is 3.61. The van der Waals surface area contributed by atoms with Crippen LogP contribution in [0.4, 0.5) is 5.69 Å². The van der Waals surface area contributed by atoms with Gasteiger partial charge in [0, 0.05) is 26.2 Å². The molecule has 26 heavy (non-hydrogen) atoms. The highest BCUT2D eigenvalue weighted by Gasteiger charge is 2.14. The Morgan fingerprint density at radius 1 is 1.19 bits per heavy atom. The lowest BCUT2D eigenvalue weighted by molar-refractivity contribution is -0.384. The summed E-state index contributed by atoms with van der Waals surface area (Å²) in [6.45, 7) is 2.22. The number of non-ortho nitro benzene ring substituents is 1. The van der Waals surface area contributed by atoms with Gasteiger partial charge in [0.15, 0.2) is 11.5 Å². The number of rotatable bonds is 7. The molecule has 0 spiro atoms. The van der Waals surface area contributed by atoms with Crippen molar-refractivity contribution in [2.45, 2.75) is 6.92 Å². The fourth-order valence-corrected chi connectivity index (χ4v) is 2.02. The number of hydrazone groups is 1. The Balaban J connectivity index is 2.21. The number of nitrogens with zero attached hydrogens (tertiary/aromatic N) is 3. The molecule has 8 nitrogen and oxygen atoms in total. The normalized spacial score (nSPS) is 10.6. The van der Waals surface area contributed by atoms with Crippen LogP contribution in [0.3, 0.4) is 0 Å². The minimum atomic E-state index is -0.629. The maximum atomic E-state index is 12.3. The smallest absolute Gasteiger partial charge is 0.343 e. The maximum Gasteiger partial charge on any atom is 0.343 e. The Bertz CT molecular complexity index is 816. The van der Waals surface area contributed by atoms with Gasteiger partial charge in [-0.3, -0.25) is 10.1 Å². The second-order valence-electron chi connectivity index (χ2n) is 5.42. The van der Waals surface area contributed by atoms with Crippen LogP contribution in [0.1, 0.15) is 22.8 Å². The van der Waals surface area contributed by atoms with Crippen LogP contribution in [0, 0.1) is 10.1 Å². The Labute approximate surface area is 150 Å². The van der Waals surface area contributed by atoms with Crippen LogP contribution in [-0.2, 0) is 0 Å². The van der Waals surface area contributed by atoms with Gasteiger partial charge in [0.2, 0.25) is 0 Å². The predicted octanol–water partition coefficient (Wildman–Crippen LogP) is 3.11. The van der Waals surface area contributed by atoms with Crippen LogP contribution in [0.15, 0.2) is 47.6 Å². The van der Waals surface area contributed by atoms with Crippen molar-refractivity contribution in [2.75, 3.05) is 20.7 Å². The van der Waals surface area contributed by atoms with E-state index in [0.29, 0.717) is 12.4 Å². The molecule has 0 fully saturated rings. The number of hydrogen-bond acceptors (Lipinski definition) is 7. The lowest BCUT2D eigenvalue weighted by Crippen LogP contribution is -2.10. The second kappa shape index (κ2) is 8.61. The number of hydrogen-bond donors (Lipinski definition) is 0. The summed E-state index contributed by atoms with van der Waals surface area (Å²) in [5.41, 5.74) is 0.898. The van der Waals surface area contributed by atoms with Crippen LogP contribution in [-0.4, -0.2) is 42.8 Å². The van der Waals surface area contributed by atoms with Crippen molar-refractivity contribution >= 4 is 17.9 Å². The van der Waals surface area contributed by atoms with E-state index in [1.807, 2.05) is 6.92 Å². The first-order valence-electron chi connectivity index (χ1n) is 7.85. The van der Waals surface area contributed by atoms with E-state index in [-0.39, 0.29) is 17.0 Å². The zero-order chi connectivity index (χ0) is 19.1. The standard InChI is InChI=1S/C18H19N3O5/c1-4-25-17-11-13(12-19-20(2)3)5-10-16(17)26-18(22)14-6-8-15(9-7-14)21(23)24/h5-12H,4H2,1-3H3. The molecule has 0 bridgehead atoms. The molecular weight excluding hydrogens is 338 g/mol.